The minimum atomic E-state index is -1.17. The topological polar surface area (TPSA) is 96.9 Å². The van der Waals surface area contributed by atoms with E-state index in [1.54, 1.807) is 20.8 Å². The number of rotatable bonds is 8. The molecule has 0 radical (unpaired) electrons. The minimum absolute atomic E-state index is 0.0825. The SMILES string of the molecule is C1CCC(NC2CCCCC2)CC1.CC(C)(C)OC[C@@H](NC(=O)OCc1ccccc1)C(=O)O. The summed E-state index contributed by atoms with van der Waals surface area (Å²) in [6.45, 7) is 5.37. The minimum Gasteiger partial charge on any atom is -0.480 e. The van der Waals surface area contributed by atoms with Gasteiger partial charge in [-0.15, -0.1) is 0 Å². The Morgan fingerprint density at radius 3 is 1.94 bits per heavy atom. The molecular weight excluding hydrogens is 432 g/mol. The third-order valence-electron chi connectivity index (χ3n) is 6.17. The van der Waals surface area contributed by atoms with Gasteiger partial charge in [0, 0.05) is 12.1 Å². The van der Waals surface area contributed by atoms with Gasteiger partial charge in [-0.2, -0.15) is 0 Å². The summed E-state index contributed by atoms with van der Waals surface area (Å²) in [6.07, 6.45) is 13.8. The highest BCUT2D eigenvalue weighted by Gasteiger charge is 2.24. The smallest absolute Gasteiger partial charge is 0.408 e. The summed E-state index contributed by atoms with van der Waals surface area (Å²) in [7, 11) is 0. The van der Waals surface area contributed by atoms with Crippen LogP contribution >= 0.6 is 0 Å². The summed E-state index contributed by atoms with van der Waals surface area (Å²) >= 11 is 0. The molecule has 0 aromatic heterocycles. The van der Waals surface area contributed by atoms with E-state index in [0.717, 1.165) is 17.6 Å². The Labute approximate surface area is 205 Å². The van der Waals surface area contributed by atoms with Gasteiger partial charge in [0.25, 0.3) is 0 Å². The number of carbonyl (C=O) groups excluding carboxylic acids is 1. The van der Waals surface area contributed by atoms with Crippen molar-refractivity contribution in [1.82, 2.24) is 10.6 Å². The molecule has 7 heteroatoms. The van der Waals surface area contributed by atoms with Gasteiger partial charge in [0.05, 0.1) is 12.2 Å². The number of benzene rings is 1. The molecule has 1 aromatic carbocycles. The van der Waals surface area contributed by atoms with Crippen molar-refractivity contribution in [1.29, 1.82) is 0 Å². The molecule has 0 aliphatic heterocycles. The first-order valence-electron chi connectivity index (χ1n) is 12.8. The maximum atomic E-state index is 11.6. The maximum Gasteiger partial charge on any atom is 0.408 e. The molecule has 2 saturated carbocycles. The summed E-state index contributed by atoms with van der Waals surface area (Å²) in [5.41, 5.74) is 0.342. The number of ether oxygens (including phenoxy) is 2. The Hall–Kier alpha value is -2.12. The Morgan fingerprint density at radius 1 is 0.941 bits per heavy atom. The first-order valence-corrected chi connectivity index (χ1v) is 12.8. The molecular formula is C27H44N2O5. The molecule has 3 N–H and O–H groups in total. The lowest BCUT2D eigenvalue weighted by molar-refractivity contribution is -0.142. The van der Waals surface area contributed by atoms with Gasteiger partial charge in [-0.3, -0.25) is 0 Å². The number of hydrogen-bond donors (Lipinski definition) is 3. The Morgan fingerprint density at radius 2 is 1.47 bits per heavy atom. The van der Waals surface area contributed by atoms with Crippen molar-refractivity contribution in [3.8, 4) is 0 Å². The summed E-state index contributed by atoms with van der Waals surface area (Å²) in [4.78, 5) is 22.7. The van der Waals surface area contributed by atoms with Crippen molar-refractivity contribution in [2.45, 2.75) is 115 Å². The highest BCUT2D eigenvalue weighted by Crippen LogP contribution is 2.22. The molecule has 1 aromatic rings. The summed E-state index contributed by atoms with van der Waals surface area (Å²) in [5.74, 6) is -1.17. The number of alkyl carbamates (subject to hydrolysis) is 1. The maximum absolute atomic E-state index is 11.6. The third-order valence-corrected chi connectivity index (χ3v) is 6.17. The van der Waals surface area contributed by atoms with Crippen molar-refractivity contribution in [2.75, 3.05) is 6.61 Å². The van der Waals surface area contributed by atoms with Crippen LogP contribution in [0, 0.1) is 0 Å². The van der Waals surface area contributed by atoms with Crippen molar-refractivity contribution >= 4 is 12.1 Å². The van der Waals surface area contributed by atoms with E-state index in [9.17, 15) is 9.59 Å². The molecule has 2 aliphatic carbocycles. The molecule has 2 aliphatic rings. The first kappa shape index (κ1) is 28.1. The zero-order valence-electron chi connectivity index (χ0n) is 21.2. The molecule has 192 valence electrons. The van der Waals surface area contributed by atoms with Crippen LogP contribution in [0.1, 0.15) is 90.5 Å². The van der Waals surface area contributed by atoms with Crippen molar-refractivity contribution in [3.05, 3.63) is 35.9 Å². The summed E-state index contributed by atoms with van der Waals surface area (Å²) < 4.78 is 10.3. The average Bonchev–Trinajstić information content (AvgIpc) is 2.82. The predicted molar refractivity (Wildman–Crippen MR) is 134 cm³/mol. The molecule has 0 unspecified atom stereocenters. The second-order valence-corrected chi connectivity index (χ2v) is 10.4. The van der Waals surface area contributed by atoms with Gasteiger partial charge in [0.15, 0.2) is 6.04 Å². The lowest BCUT2D eigenvalue weighted by atomic mass is 9.91. The van der Waals surface area contributed by atoms with E-state index in [1.165, 1.54) is 64.2 Å². The van der Waals surface area contributed by atoms with Crippen LogP contribution in [0.4, 0.5) is 4.79 Å². The normalized spacial score (nSPS) is 18.3. The Balaban J connectivity index is 0.000000266. The largest absolute Gasteiger partial charge is 0.480 e. The van der Waals surface area contributed by atoms with Gasteiger partial charge in [0.2, 0.25) is 0 Å². The van der Waals surface area contributed by atoms with E-state index in [4.69, 9.17) is 14.6 Å². The van der Waals surface area contributed by atoms with E-state index in [1.807, 2.05) is 30.3 Å². The molecule has 0 saturated heterocycles. The van der Waals surface area contributed by atoms with E-state index in [2.05, 4.69) is 10.6 Å². The molecule has 1 amide bonds. The predicted octanol–water partition coefficient (Wildman–Crippen LogP) is 5.42. The fourth-order valence-corrected chi connectivity index (χ4v) is 4.29. The van der Waals surface area contributed by atoms with Crippen LogP contribution < -0.4 is 10.6 Å². The number of hydrogen-bond acceptors (Lipinski definition) is 5. The van der Waals surface area contributed by atoms with Crippen molar-refractivity contribution in [2.24, 2.45) is 0 Å². The molecule has 1 atom stereocenters. The van der Waals surface area contributed by atoms with Gasteiger partial charge in [-0.05, 0) is 52.0 Å². The fraction of sp³-hybridized carbons (Fsp3) is 0.704. The molecule has 3 rings (SSSR count). The zero-order valence-corrected chi connectivity index (χ0v) is 21.2. The van der Waals surface area contributed by atoms with Gasteiger partial charge in [0.1, 0.15) is 6.61 Å². The van der Waals surface area contributed by atoms with Crippen LogP contribution in [-0.2, 0) is 20.9 Å². The monoisotopic (exact) mass is 476 g/mol. The van der Waals surface area contributed by atoms with Crippen molar-refractivity contribution < 1.29 is 24.2 Å². The summed E-state index contributed by atoms with van der Waals surface area (Å²) in [6, 6.07) is 9.73. The van der Waals surface area contributed by atoms with Crippen LogP contribution in [0.2, 0.25) is 0 Å². The van der Waals surface area contributed by atoms with Crippen LogP contribution in [0.5, 0.6) is 0 Å². The molecule has 7 nitrogen and oxygen atoms in total. The second-order valence-electron chi connectivity index (χ2n) is 10.4. The Kier molecular flexibility index (Phi) is 12.4. The van der Waals surface area contributed by atoms with Crippen LogP contribution in [0.15, 0.2) is 30.3 Å². The molecule has 34 heavy (non-hydrogen) atoms. The molecule has 0 heterocycles. The Bertz CT molecular complexity index is 691. The molecule has 0 spiro atoms. The molecule has 2 fully saturated rings. The van der Waals surface area contributed by atoms with Crippen molar-refractivity contribution in [3.63, 3.8) is 0 Å². The quantitative estimate of drug-likeness (QED) is 0.463. The molecule has 0 bridgehead atoms. The fourth-order valence-electron chi connectivity index (χ4n) is 4.29. The average molecular weight is 477 g/mol. The van der Waals surface area contributed by atoms with E-state index >= 15 is 0 Å². The lowest BCUT2D eigenvalue weighted by Gasteiger charge is -2.30. The number of amides is 1. The second kappa shape index (κ2) is 15.0. The van der Waals surface area contributed by atoms with E-state index < -0.39 is 23.7 Å². The van der Waals surface area contributed by atoms with Gasteiger partial charge >= 0.3 is 12.1 Å². The number of carboxylic acid groups (broad SMARTS) is 1. The van der Waals surface area contributed by atoms with Crippen LogP contribution in [0.3, 0.4) is 0 Å². The van der Waals surface area contributed by atoms with Gasteiger partial charge in [-0.1, -0.05) is 68.9 Å². The van der Waals surface area contributed by atoms with E-state index in [0.29, 0.717) is 0 Å². The highest BCUT2D eigenvalue weighted by molar-refractivity contribution is 5.80. The standard InChI is InChI=1S/C15H21NO5.C12H23N/c1-15(2,3)21-10-12(13(17)18)16-14(19)20-9-11-7-5-4-6-8-11;1-3-7-11(8-4-1)13-12-9-5-2-6-10-12/h4-8,12H,9-10H2,1-3H3,(H,16,19)(H,17,18);11-13H,1-10H2/t12-;/m1./s1. The van der Waals surface area contributed by atoms with Crippen LogP contribution in [0.25, 0.3) is 0 Å². The first-order chi connectivity index (χ1) is 16.2. The summed E-state index contributed by atoms with van der Waals surface area (Å²) in [5, 5.41) is 15.2. The number of aliphatic carboxylic acids is 1. The van der Waals surface area contributed by atoms with Crippen LogP contribution in [-0.4, -0.2) is 47.5 Å². The zero-order chi connectivity index (χ0) is 24.8. The van der Waals surface area contributed by atoms with E-state index in [-0.39, 0.29) is 13.2 Å². The number of carboxylic acids is 1. The number of nitrogens with one attached hydrogen (secondary N) is 2. The number of carbonyl (C=O) groups is 2. The van der Waals surface area contributed by atoms with Gasteiger partial charge in [-0.25, -0.2) is 9.59 Å². The lowest BCUT2D eigenvalue weighted by Crippen LogP contribution is -2.45. The third kappa shape index (κ3) is 12.4. The highest BCUT2D eigenvalue weighted by atomic mass is 16.5. The van der Waals surface area contributed by atoms with Gasteiger partial charge < -0.3 is 25.2 Å².